The molecule has 1 aliphatic heterocycles. The Kier molecular flexibility index (Phi) is 5.34. The van der Waals surface area contributed by atoms with Gasteiger partial charge in [0, 0.05) is 39.3 Å². The van der Waals surface area contributed by atoms with E-state index in [1.54, 1.807) is 12.5 Å². The van der Waals surface area contributed by atoms with Crippen LogP contribution in [0.3, 0.4) is 0 Å². The molecule has 1 aliphatic rings. The Morgan fingerprint density at radius 2 is 1.48 bits per heavy atom. The van der Waals surface area contributed by atoms with E-state index in [1.165, 1.54) is 0 Å². The molecule has 11 nitrogen and oxygen atoms in total. The van der Waals surface area contributed by atoms with Gasteiger partial charge in [-0.15, -0.1) is 0 Å². The van der Waals surface area contributed by atoms with Crippen molar-refractivity contribution in [1.82, 2.24) is 40.1 Å². The first-order chi connectivity index (χ1) is 24.7. The van der Waals surface area contributed by atoms with E-state index in [-0.39, 0.29) is 0 Å². The molecule has 0 saturated carbocycles. The second kappa shape index (κ2) is 9.94. The summed E-state index contributed by atoms with van der Waals surface area (Å²) in [5.41, 5.74) is 4.25. The molecule has 0 spiro atoms. The Bertz CT molecular complexity index is 2960. The van der Waals surface area contributed by atoms with Crippen LogP contribution < -0.4 is 15.7 Å². The average molecular weight is 651 g/mol. The summed E-state index contributed by atoms with van der Waals surface area (Å²) in [4.78, 5) is 32.6. The zero-order valence-corrected chi connectivity index (χ0v) is 26.3. The monoisotopic (exact) mass is 650 g/mol. The molecule has 11 heteroatoms. The molecule has 1 unspecified atom stereocenters. The maximum Gasteiger partial charge on any atom is 0.257 e. The number of H-pyrrole nitrogens is 5. The Balaban J connectivity index is 1.33. The summed E-state index contributed by atoms with van der Waals surface area (Å²) in [7, 11) is 0. The van der Waals surface area contributed by atoms with E-state index < -0.39 is 5.66 Å². The van der Waals surface area contributed by atoms with Crippen molar-refractivity contribution in [2.75, 3.05) is 4.90 Å². The van der Waals surface area contributed by atoms with Crippen LogP contribution in [0.1, 0.15) is 17.3 Å². The molecular formula is C39H26N10O. The number of imidazole rings is 2. The van der Waals surface area contributed by atoms with E-state index in [0.717, 1.165) is 65.9 Å². The number of para-hydroxylation sites is 3. The number of hydrogen-bond donors (Lipinski definition) is 5. The van der Waals surface area contributed by atoms with Crippen molar-refractivity contribution < 1.29 is 4.42 Å². The van der Waals surface area contributed by atoms with E-state index in [0.29, 0.717) is 28.7 Å². The van der Waals surface area contributed by atoms with Crippen molar-refractivity contribution >= 4 is 55.0 Å². The van der Waals surface area contributed by atoms with Gasteiger partial charge in [-0.3, -0.25) is 10.00 Å². The SMILES string of the molecule is c1ccc2[nH]c(C3=c4[nH]c(-c5[nH]cc6ccccc56)nc4=NC(c4nc5ccccc5[nH]4)(c4occ5ccccc45)N3c3ccn[nH]3)cc2c1. The lowest BCUT2D eigenvalue weighted by Gasteiger charge is -2.40. The normalized spacial score (nSPS) is 16.2. The summed E-state index contributed by atoms with van der Waals surface area (Å²) in [6.45, 7) is 0. The molecule has 50 heavy (non-hydrogen) atoms. The molecule has 0 aliphatic carbocycles. The Labute approximate surface area is 282 Å². The molecule has 238 valence electrons. The van der Waals surface area contributed by atoms with E-state index in [9.17, 15) is 0 Å². The van der Waals surface area contributed by atoms with Gasteiger partial charge in [-0.25, -0.2) is 15.0 Å². The molecule has 0 saturated heterocycles. The minimum Gasteiger partial charge on any atom is -0.463 e. The second-order valence-corrected chi connectivity index (χ2v) is 12.5. The Morgan fingerprint density at radius 3 is 2.32 bits per heavy atom. The molecule has 0 amide bonds. The molecule has 11 rings (SSSR count). The molecule has 7 heterocycles. The summed E-state index contributed by atoms with van der Waals surface area (Å²) in [6, 6.07) is 36.6. The van der Waals surface area contributed by atoms with Crippen LogP contribution >= 0.6 is 0 Å². The lowest BCUT2D eigenvalue weighted by atomic mass is 9.97. The number of rotatable bonds is 5. The number of fused-ring (bicyclic) bond motifs is 5. The number of furan rings is 1. The number of nitrogens with zero attached hydrogens (tertiary/aromatic N) is 5. The third-order valence-electron chi connectivity index (χ3n) is 9.63. The van der Waals surface area contributed by atoms with Gasteiger partial charge in [0.15, 0.2) is 22.9 Å². The molecule has 6 aromatic heterocycles. The lowest BCUT2D eigenvalue weighted by molar-refractivity contribution is 0.379. The molecule has 0 bridgehead atoms. The highest BCUT2D eigenvalue weighted by molar-refractivity contribution is 5.95. The summed E-state index contributed by atoms with van der Waals surface area (Å²) in [6.07, 6.45) is 5.51. The van der Waals surface area contributed by atoms with E-state index in [2.05, 4.69) is 71.4 Å². The van der Waals surface area contributed by atoms with Crippen LogP contribution in [-0.2, 0) is 5.66 Å². The van der Waals surface area contributed by atoms with Gasteiger partial charge in [-0.1, -0.05) is 78.9 Å². The third-order valence-corrected chi connectivity index (χ3v) is 9.63. The second-order valence-electron chi connectivity index (χ2n) is 12.5. The zero-order valence-electron chi connectivity index (χ0n) is 26.3. The molecule has 5 N–H and O–H groups in total. The van der Waals surface area contributed by atoms with Crippen molar-refractivity contribution in [3.63, 3.8) is 0 Å². The fraction of sp³-hybridized carbons (Fsp3) is 0.0256. The Hall–Kier alpha value is -7.14. The number of anilines is 1. The summed E-state index contributed by atoms with van der Waals surface area (Å²) < 4.78 is 6.63. The number of nitrogens with one attached hydrogen (secondary N) is 5. The van der Waals surface area contributed by atoms with E-state index in [4.69, 9.17) is 19.4 Å². The van der Waals surface area contributed by atoms with Gasteiger partial charge in [-0.05, 0) is 29.7 Å². The van der Waals surface area contributed by atoms with Gasteiger partial charge in [0.25, 0.3) is 5.66 Å². The summed E-state index contributed by atoms with van der Waals surface area (Å²) >= 11 is 0. The van der Waals surface area contributed by atoms with Crippen LogP contribution in [0.15, 0.2) is 137 Å². The minimum atomic E-state index is -1.42. The predicted molar refractivity (Wildman–Crippen MR) is 192 cm³/mol. The number of aromatic amines is 5. The number of hydrogen-bond acceptors (Lipinski definition) is 6. The van der Waals surface area contributed by atoms with Gasteiger partial charge in [0.05, 0.1) is 40.6 Å². The highest BCUT2D eigenvalue weighted by Gasteiger charge is 2.52. The molecule has 4 aromatic carbocycles. The predicted octanol–water partition coefficient (Wildman–Crippen LogP) is 6.58. The van der Waals surface area contributed by atoms with Crippen LogP contribution in [0.2, 0.25) is 0 Å². The maximum atomic E-state index is 6.63. The number of benzene rings is 4. The summed E-state index contributed by atoms with van der Waals surface area (Å²) in [5, 5.41) is 13.5. The van der Waals surface area contributed by atoms with Gasteiger partial charge < -0.3 is 24.4 Å². The third kappa shape index (κ3) is 3.68. The minimum absolute atomic E-state index is 0.504. The molecule has 1 atom stereocenters. The molecule has 10 aromatic rings. The van der Waals surface area contributed by atoms with Gasteiger partial charge in [0.2, 0.25) is 0 Å². The van der Waals surface area contributed by atoms with Crippen molar-refractivity contribution in [3.05, 3.63) is 156 Å². The summed E-state index contributed by atoms with van der Waals surface area (Å²) in [5.74, 6) is 2.47. The highest BCUT2D eigenvalue weighted by atomic mass is 16.3. The van der Waals surface area contributed by atoms with Crippen molar-refractivity contribution in [3.8, 4) is 11.5 Å². The first kappa shape index (κ1) is 26.9. The average Bonchev–Trinajstić information content (AvgIpc) is 4.00. The van der Waals surface area contributed by atoms with Gasteiger partial charge in [-0.2, -0.15) is 5.10 Å². The first-order valence-corrected chi connectivity index (χ1v) is 16.3. The largest absolute Gasteiger partial charge is 0.463 e. The smallest absolute Gasteiger partial charge is 0.257 e. The molecule has 0 radical (unpaired) electrons. The van der Waals surface area contributed by atoms with Crippen molar-refractivity contribution in [1.29, 1.82) is 0 Å². The first-order valence-electron chi connectivity index (χ1n) is 16.3. The Morgan fingerprint density at radius 1 is 0.700 bits per heavy atom. The molecule has 0 fully saturated rings. The fourth-order valence-electron chi connectivity index (χ4n) is 7.40. The van der Waals surface area contributed by atoms with Crippen LogP contribution in [0.5, 0.6) is 0 Å². The topological polar surface area (TPSA) is 146 Å². The standard InChI is InChI=1S/C39H26N10O/c1-4-12-25-23(10-1)20-40-32(25)36-45-33-34(30-19-22-9-3-6-14-27(22)42-30)49(31-17-18-41-48-31)39(47-37(33)46-36,35-26-13-5-2-11-24(26)21-50-35)38-43-28-15-7-8-16-29(28)44-38/h1-21,40,42H,(H,41,48)(H,43,44)(H,45,46,47). The lowest BCUT2D eigenvalue weighted by Crippen LogP contribution is -2.55. The van der Waals surface area contributed by atoms with Crippen molar-refractivity contribution in [2.24, 2.45) is 4.99 Å². The zero-order chi connectivity index (χ0) is 32.8. The maximum absolute atomic E-state index is 6.63. The van der Waals surface area contributed by atoms with Crippen LogP contribution in [0.4, 0.5) is 5.82 Å². The van der Waals surface area contributed by atoms with E-state index >= 15 is 0 Å². The highest BCUT2D eigenvalue weighted by Crippen LogP contribution is 2.47. The molecular weight excluding hydrogens is 624 g/mol. The number of aromatic nitrogens is 8. The van der Waals surface area contributed by atoms with Crippen LogP contribution in [0, 0.1) is 0 Å². The fourth-order valence-corrected chi connectivity index (χ4v) is 7.40. The van der Waals surface area contributed by atoms with Crippen LogP contribution in [-0.4, -0.2) is 40.1 Å². The van der Waals surface area contributed by atoms with Crippen LogP contribution in [0.25, 0.3) is 60.7 Å². The van der Waals surface area contributed by atoms with E-state index in [1.807, 2.05) is 79.0 Å². The van der Waals surface area contributed by atoms with Gasteiger partial charge in [0.1, 0.15) is 11.2 Å². The van der Waals surface area contributed by atoms with Crippen molar-refractivity contribution in [2.45, 2.75) is 5.66 Å². The van der Waals surface area contributed by atoms with Gasteiger partial charge >= 0.3 is 0 Å². The quantitative estimate of drug-likeness (QED) is 0.143.